The molecule has 0 aliphatic rings. The molecule has 6 heteroatoms. The molecule has 1 atom stereocenters. The van der Waals surface area contributed by atoms with Crippen molar-refractivity contribution in [3.05, 3.63) is 47.5 Å². The van der Waals surface area contributed by atoms with Gasteiger partial charge in [0.25, 0.3) is 0 Å². The Kier molecular flexibility index (Phi) is 4.47. The van der Waals surface area contributed by atoms with E-state index in [1.807, 2.05) is 38.2 Å². The Morgan fingerprint density at radius 1 is 1.35 bits per heavy atom. The first kappa shape index (κ1) is 14.2. The summed E-state index contributed by atoms with van der Waals surface area (Å²) < 4.78 is 1.79. The molecule has 0 saturated carbocycles. The highest BCUT2D eigenvalue weighted by atomic mass is 16.1. The quantitative estimate of drug-likeness (QED) is 0.839. The number of benzene rings is 1. The summed E-state index contributed by atoms with van der Waals surface area (Å²) in [6, 6.07) is 7.56. The van der Waals surface area contributed by atoms with Crippen LogP contribution in [-0.2, 0) is 24.8 Å². The Balaban J connectivity index is 1.93. The van der Waals surface area contributed by atoms with Crippen LogP contribution >= 0.6 is 0 Å². The van der Waals surface area contributed by atoms with Crippen molar-refractivity contribution >= 4 is 5.91 Å². The highest BCUT2D eigenvalue weighted by Crippen LogP contribution is 2.09. The Morgan fingerprint density at radius 2 is 2.00 bits per heavy atom. The summed E-state index contributed by atoms with van der Waals surface area (Å²) in [5.41, 5.74) is 7.56. The molecule has 2 aromatic rings. The monoisotopic (exact) mass is 273 g/mol. The van der Waals surface area contributed by atoms with E-state index in [1.165, 1.54) is 0 Å². The Hall–Kier alpha value is -2.21. The molecule has 0 bridgehead atoms. The third-order valence-corrected chi connectivity index (χ3v) is 3.13. The molecule has 1 aromatic carbocycles. The smallest absolute Gasteiger partial charge is 0.224 e. The van der Waals surface area contributed by atoms with E-state index in [4.69, 9.17) is 5.73 Å². The van der Waals surface area contributed by atoms with E-state index in [-0.39, 0.29) is 11.9 Å². The molecule has 0 fully saturated rings. The van der Waals surface area contributed by atoms with Gasteiger partial charge in [-0.15, -0.1) is 10.2 Å². The van der Waals surface area contributed by atoms with Gasteiger partial charge in [0.1, 0.15) is 6.33 Å². The van der Waals surface area contributed by atoms with Crippen LogP contribution in [0.1, 0.15) is 29.9 Å². The maximum absolute atomic E-state index is 12.0. The van der Waals surface area contributed by atoms with Gasteiger partial charge >= 0.3 is 0 Å². The van der Waals surface area contributed by atoms with Crippen molar-refractivity contribution in [2.24, 2.45) is 12.8 Å². The fourth-order valence-electron chi connectivity index (χ4n) is 2.02. The predicted octanol–water partition coefficient (Wildman–Crippen LogP) is 0.694. The number of aryl methyl sites for hydroxylation is 1. The van der Waals surface area contributed by atoms with E-state index >= 15 is 0 Å². The second-order valence-corrected chi connectivity index (χ2v) is 4.79. The lowest BCUT2D eigenvalue weighted by atomic mass is 10.1. The third kappa shape index (κ3) is 3.42. The molecule has 0 aliphatic carbocycles. The molecule has 1 heterocycles. The molecular formula is C14H19N5O. The summed E-state index contributed by atoms with van der Waals surface area (Å²) in [5, 5.41) is 10.7. The van der Waals surface area contributed by atoms with Crippen molar-refractivity contribution in [1.29, 1.82) is 0 Å². The number of nitrogens with zero attached hydrogens (tertiary/aromatic N) is 3. The standard InChI is InChI=1S/C14H19N5O/c1-10(14-18-16-9-19(14)2)17-13(20)7-11-3-5-12(8-15)6-4-11/h3-6,9-10H,7-8,15H2,1-2H3,(H,17,20). The summed E-state index contributed by atoms with van der Waals surface area (Å²) in [6.07, 6.45) is 1.95. The first-order valence-corrected chi connectivity index (χ1v) is 6.51. The zero-order valence-corrected chi connectivity index (χ0v) is 11.7. The number of amides is 1. The molecule has 1 aromatic heterocycles. The maximum Gasteiger partial charge on any atom is 0.224 e. The first-order chi connectivity index (χ1) is 9.60. The molecule has 1 amide bonds. The number of rotatable bonds is 5. The summed E-state index contributed by atoms with van der Waals surface area (Å²) in [6.45, 7) is 2.40. The minimum atomic E-state index is -0.168. The van der Waals surface area contributed by atoms with Crippen LogP contribution in [0.3, 0.4) is 0 Å². The summed E-state index contributed by atoms with van der Waals surface area (Å²) in [5.74, 6) is 0.692. The van der Waals surface area contributed by atoms with Gasteiger partial charge in [-0.25, -0.2) is 0 Å². The van der Waals surface area contributed by atoms with Gasteiger partial charge in [-0.2, -0.15) is 0 Å². The maximum atomic E-state index is 12.0. The van der Waals surface area contributed by atoms with Crippen LogP contribution in [0, 0.1) is 0 Å². The van der Waals surface area contributed by atoms with Crippen molar-refractivity contribution < 1.29 is 4.79 Å². The van der Waals surface area contributed by atoms with E-state index in [1.54, 1.807) is 10.9 Å². The zero-order chi connectivity index (χ0) is 14.5. The molecule has 20 heavy (non-hydrogen) atoms. The molecule has 6 nitrogen and oxygen atoms in total. The highest BCUT2D eigenvalue weighted by molar-refractivity contribution is 5.78. The Bertz CT molecular complexity index is 576. The number of nitrogens with one attached hydrogen (secondary N) is 1. The molecule has 3 N–H and O–H groups in total. The van der Waals surface area contributed by atoms with Crippen molar-refractivity contribution in [2.45, 2.75) is 25.9 Å². The molecular weight excluding hydrogens is 254 g/mol. The lowest BCUT2D eigenvalue weighted by Gasteiger charge is -2.13. The fraction of sp³-hybridized carbons (Fsp3) is 0.357. The minimum absolute atomic E-state index is 0.0407. The number of hydrogen-bond acceptors (Lipinski definition) is 4. The second-order valence-electron chi connectivity index (χ2n) is 4.79. The highest BCUT2D eigenvalue weighted by Gasteiger charge is 2.14. The topological polar surface area (TPSA) is 85.8 Å². The lowest BCUT2D eigenvalue weighted by molar-refractivity contribution is -0.121. The van der Waals surface area contributed by atoms with Crippen LogP contribution in [0.4, 0.5) is 0 Å². The number of nitrogens with two attached hydrogens (primary N) is 1. The summed E-state index contributed by atoms with van der Waals surface area (Å²) in [4.78, 5) is 12.0. The third-order valence-electron chi connectivity index (χ3n) is 3.13. The molecule has 0 saturated heterocycles. The van der Waals surface area contributed by atoms with Gasteiger partial charge < -0.3 is 15.6 Å². The van der Waals surface area contributed by atoms with Crippen LogP contribution in [-0.4, -0.2) is 20.7 Å². The van der Waals surface area contributed by atoms with Crippen molar-refractivity contribution in [2.75, 3.05) is 0 Å². The van der Waals surface area contributed by atoms with Crippen LogP contribution in [0.25, 0.3) is 0 Å². The van der Waals surface area contributed by atoms with Crippen molar-refractivity contribution in [1.82, 2.24) is 20.1 Å². The van der Waals surface area contributed by atoms with Gasteiger partial charge in [0, 0.05) is 13.6 Å². The number of carbonyl (C=O) groups excluding carboxylic acids is 1. The molecule has 0 radical (unpaired) electrons. The second kappa shape index (κ2) is 6.29. The normalized spacial score (nSPS) is 12.2. The van der Waals surface area contributed by atoms with Gasteiger partial charge in [-0.3, -0.25) is 4.79 Å². The minimum Gasteiger partial charge on any atom is -0.346 e. The molecule has 106 valence electrons. The van der Waals surface area contributed by atoms with Crippen LogP contribution in [0.15, 0.2) is 30.6 Å². The van der Waals surface area contributed by atoms with Crippen LogP contribution < -0.4 is 11.1 Å². The zero-order valence-electron chi connectivity index (χ0n) is 11.7. The fourth-order valence-corrected chi connectivity index (χ4v) is 2.02. The van der Waals surface area contributed by atoms with Crippen molar-refractivity contribution in [3.63, 3.8) is 0 Å². The molecule has 0 spiro atoms. The molecule has 2 rings (SSSR count). The SMILES string of the molecule is CC(NC(=O)Cc1ccc(CN)cc1)c1nncn1C. The van der Waals surface area contributed by atoms with E-state index < -0.39 is 0 Å². The average molecular weight is 273 g/mol. The first-order valence-electron chi connectivity index (χ1n) is 6.51. The molecule has 1 unspecified atom stereocenters. The number of aromatic nitrogens is 3. The molecule has 0 aliphatic heterocycles. The van der Waals surface area contributed by atoms with Crippen LogP contribution in [0.2, 0.25) is 0 Å². The lowest BCUT2D eigenvalue weighted by Crippen LogP contribution is -2.29. The van der Waals surface area contributed by atoms with Gasteiger partial charge in [0.2, 0.25) is 5.91 Å². The number of carbonyl (C=O) groups is 1. The van der Waals surface area contributed by atoms with E-state index in [0.717, 1.165) is 17.0 Å². The van der Waals surface area contributed by atoms with Gasteiger partial charge in [0.15, 0.2) is 5.82 Å². The van der Waals surface area contributed by atoms with Crippen molar-refractivity contribution in [3.8, 4) is 0 Å². The number of hydrogen-bond donors (Lipinski definition) is 2. The average Bonchev–Trinajstić information content (AvgIpc) is 2.86. The van der Waals surface area contributed by atoms with Crippen LogP contribution in [0.5, 0.6) is 0 Å². The predicted molar refractivity (Wildman–Crippen MR) is 75.6 cm³/mol. The van der Waals surface area contributed by atoms with E-state index in [2.05, 4.69) is 15.5 Å². The van der Waals surface area contributed by atoms with Gasteiger partial charge in [0.05, 0.1) is 12.5 Å². The summed E-state index contributed by atoms with van der Waals surface area (Å²) in [7, 11) is 1.85. The van der Waals surface area contributed by atoms with Gasteiger partial charge in [-0.1, -0.05) is 24.3 Å². The van der Waals surface area contributed by atoms with E-state index in [0.29, 0.717) is 13.0 Å². The largest absolute Gasteiger partial charge is 0.346 e. The van der Waals surface area contributed by atoms with Gasteiger partial charge in [-0.05, 0) is 18.1 Å². The Labute approximate surface area is 118 Å². The Morgan fingerprint density at radius 3 is 2.55 bits per heavy atom. The van der Waals surface area contributed by atoms with E-state index in [9.17, 15) is 4.79 Å². The summed E-state index contributed by atoms with van der Waals surface area (Å²) >= 11 is 0.